The van der Waals surface area contributed by atoms with Crippen molar-refractivity contribution in [2.45, 2.75) is 38.6 Å². The van der Waals surface area contributed by atoms with E-state index in [2.05, 4.69) is 18.2 Å². The maximum atomic E-state index is 13.9. The van der Waals surface area contributed by atoms with E-state index in [-0.39, 0.29) is 11.9 Å². The van der Waals surface area contributed by atoms with Crippen molar-refractivity contribution in [3.8, 4) is 0 Å². The highest BCUT2D eigenvalue weighted by Gasteiger charge is 2.15. The van der Waals surface area contributed by atoms with Crippen molar-refractivity contribution in [2.75, 3.05) is 0 Å². The van der Waals surface area contributed by atoms with Gasteiger partial charge in [-0.3, -0.25) is 0 Å². The Bertz CT molecular complexity index is 633. The van der Waals surface area contributed by atoms with Crippen LogP contribution >= 0.6 is 0 Å². The minimum absolute atomic E-state index is 0.196. The molecule has 0 aromatic heterocycles. The largest absolute Gasteiger partial charge is 0.324 e. The summed E-state index contributed by atoms with van der Waals surface area (Å²) in [4.78, 5) is 0. The summed E-state index contributed by atoms with van der Waals surface area (Å²) in [6.45, 7) is 1.89. The van der Waals surface area contributed by atoms with E-state index in [9.17, 15) is 4.39 Å². The first kappa shape index (κ1) is 13.3. The van der Waals surface area contributed by atoms with Gasteiger partial charge in [-0.05, 0) is 60.9 Å². The van der Waals surface area contributed by atoms with Crippen LogP contribution in [0.4, 0.5) is 4.39 Å². The fraction of sp³-hybridized carbons (Fsp3) is 0.333. The lowest BCUT2D eigenvalue weighted by Gasteiger charge is -2.14. The third-order valence-electron chi connectivity index (χ3n) is 4.17. The van der Waals surface area contributed by atoms with Crippen LogP contribution in [0.25, 0.3) is 0 Å². The monoisotopic (exact) mass is 269 g/mol. The van der Waals surface area contributed by atoms with E-state index in [0.29, 0.717) is 12.0 Å². The molecule has 0 amide bonds. The predicted octanol–water partition coefficient (Wildman–Crippen LogP) is 3.87. The summed E-state index contributed by atoms with van der Waals surface area (Å²) in [6.07, 6.45) is 4.29. The Kier molecular flexibility index (Phi) is 3.58. The summed E-state index contributed by atoms with van der Waals surface area (Å²) in [5.41, 5.74) is 11.8. The molecule has 0 saturated carbocycles. The van der Waals surface area contributed by atoms with Crippen molar-refractivity contribution in [2.24, 2.45) is 5.73 Å². The van der Waals surface area contributed by atoms with Crippen LogP contribution in [0.3, 0.4) is 0 Å². The van der Waals surface area contributed by atoms with Crippen LogP contribution in [-0.4, -0.2) is 0 Å². The summed E-state index contributed by atoms with van der Waals surface area (Å²) in [5.74, 6) is -0.196. The number of aryl methyl sites for hydroxylation is 3. The minimum atomic E-state index is -0.282. The molecule has 0 spiro atoms. The van der Waals surface area contributed by atoms with E-state index < -0.39 is 0 Å². The van der Waals surface area contributed by atoms with Gasteiger partial charge in [0.1, 0.15) is 5.82 Å². The molecule has 1 aliphatic carbocycles. The molecule has 1 unspecified atom stereocenters. The molecule has 2 heteroatoms. The standard InChI is InChI=1S/C18H20FN/c1-12-5-8-16(17(19)9-12)18(20)11-13-6-7-14-3-2-4-15(14)10-13/h5-10,18H,2-4,11,20H2,1H3. The quantitative estimate of drug-likeness (QED) is 0.899. The van der Waals surface area contributed by atoms with E-state index in [0.717, 1.165) is 12.0 Å². The second-order valence-corrected chi connectivity index (χ2v) is 5.79. The highest BCUT2D eigenvalue weighted by atomic mass is 19.1. The van der Waals surface area contributed by atoms with Crippen LogP contribution in [0.1, 0.15) is 40.3 Å². The molecule has 0 aliphatic heterocycles. The first-order valence-electron chi connectivity index (χ1n) is 7.26. The van der Waals surface area contributed by atoms with Crippen LogP contribution in [0.5, 0.6) is 0 Å². The summed E-state index contributed by atoms with van der Waals surface area (Å²) in [7, 11) is 0. The second-order valence-electron chi connectivity index (χ2n) is 5.79. The number of benzene rings is 2. The van der Waals surface area contributed by atoms with Crippen molar-refractivity contribution in [3.63, 3.8) is 0 Å². The lowest BCUT2D eigenvalue weighted by atomic mass is 9.96. The smallest absolute Gasteiger partial charge is 0.128 e. The first-order valence-corrected chi connectivity index (χ1v) is 7.26. The van der Waals surface area contributed by atoms with E-state index >= 15 is 0 Å². The Morgan fingerprint density at radius 2 is 1.90 bits per heavy atom. The molecule has 2 aromatic carbocycles. The molecule has 0 radical (unpaired) electrons. The number of rotatable bonds is 3. The Balaban J connectivity index is 1.80. The van der Waals surface area contributed by atoms with Gasteiger partial charge in [-0.25, -0.2) is 4.39 Å². The predicted molar refractivity (Wildman–Crippen MR) is 80.2 cm³/mol. The van der Waals surface area contributed by atoms with E-state index in [1.807, 2.05) is 19.1 Å². The fourth-order valence-corrected chi connectivity index (χ4v) is 3.05. The van der Waals surface area contributed by atoms with Gasteiger partial charge in [0.25, 0.3) is 0 Å². The van der Waals surface area contributed by atoms with Crippen molar-refractivity contribution in [3.05, 3.63) is 70.0 Å². The lowest BCUT2D eigenvalue weighted by molar-refractivity contribution is 0.579. The molecule has 1 aliphatic rings. The normalized spacial score (nSPS) is 15.2. The molecule has 2 N–H and O–H groups in total. The Labute approximate surface area is 119 Å². The first-order chi connectivity index (χ1) is 9.63. The highest BCUT2D eigenvalue weighted by Crippen LogP contribution is 2.25. The molecule has 3 rings (SSSR count). The van der Waals surface area contributed by atoms with Gasteiger partial charge in [-0.1, -0.05) is 30.3 Å². The van der Waals surface area contributed by atoms with Gasteiger partial charge in [0, 0.05) is 11.6 Å². The summed E-state index contributed by atoms with van der Waals surface area (Å²) in [6, 6.07) is 11.6. The highest BCUT2D eigenvalue weighted by molar-refractivity contribution is 5.36. The van der Waals surface area contributed by atoms with Crippen LogP contribution in [0.15, 0.2) is 36.4 Å². The molecular formula is C18H20FN. The van der Waals surface area contributed by atoms with Crippen LogP contribution in [0, 0.1) is 12.7 Å². The van der Waals surface area contributed by atoms with Gasteiger partial charge in [0.15, 0.2) is 0 Å². The Morgan fingerprint density at radius 1 is 1.10 bits per heavy atom. The summed E-state index contributed by atoms with van der Waals surface area (Å²) < 4.78 is 13.9. The molecule has 0 fully saturated rings. The Morgan fingerprint density at radius 3 is 2.70 bits per heavy atom. The van der Waals surface area contributed by atoms with Gasteiger partial charge in [0.05, 0.1) is 0 Å². The zero-order chi connectivity index (χ0) is 14.1. The average molecular weight is 269 g/mol. The second kappa shape index (κ2) is 5.37. The zero-order valence-corrected chi connectivity index (χ0v) is 11.8. The number of hydrogen-bond donors (Lipinski definition) is 1. The molecular weight excluding hydrogens is 249 g/mol. The summed E-state index contributed by atoms with van der Waals surface area (Å²) >= 11 is 0. The molecule has 0 bridgehead atoms. The van der Waals surface area contributed by atoms with E-state index in [1.54, 1.807) is 6.07 Å². The maximum Gasteiger partial charge on any atom is 0.128 e. The molecule has 1 nitrogen and oxygen atoms in total. The van der Waals surface area contributed by atoms with Crippen molar-refractivity contribution in [1.29, 1.82) is 0 Å². The molecule has 0 saturated heterocycles. The molecule has 20 heavy (non-hydrogen) atoms. The minimum Gasteiger partial charge on any atom is -0.324 e. The van der Waals surface area contributed by atoms with Crippen LogP contribution in [-0.2, 0) is 19.3 Å². The SMILES string of the molecule is Cc1ccc(C(N)Cc2ccc3c(c2)CCC3)c(F)c1. The van der Waals surface area contributed by atoms with Crippen molar-refractivity contribution < 1.29 is 4.39 Å². The topological polar surface area (TPSA) is 26.0 Å². The molecule has 104 valence electrons. The van der Waals surface area contributed by atoms with Gasteiger partial charge in [-0.15, -0.1) is 0 Å². The third-order valence-corrected chi connectivity index (χ3v) is 4.17. The van der Waals surface area contributed by atoms with Crippen LogP contribution in [0.2, 0.25) is 0 Å². The zero-order valence-electron chi connectivity index (χ0n) is 11.8. The lowest BCUT2D eigenvalue weighted by Crippen LogP contribution is -2.15. The number of nitrogens with two attached hydrogens (primary N) is 1. The van der Waals surface area contributed by atoms with Gasteiger partial charge >= 0.3 is 0 Å². The average Bonchev–Trinajstić information content (AvgIpc) is 2.85. The number of halogens is 1. The van der Waals surface area contributed by atoms with Crippen molar-refractivity contribution in [1.82, 2.24) is 0 Å². The molecule has 0 heterocycles. The summed E-state index contributed by atoms with van der Waals surface area (Å²) in [5, 5.41) is 0. The van der Waals surface area contributed by atoms with Gasteiger partial charge in [-0.2, -0.15) is 0 Å². The molecule has 1 atom stereocenters. The van der Waals surface area contributed by atoms with E-state index in [4.69, 9.17) is 5.73 Å². The van der Waals surface area contributed by atoms with Gasteiger partial charge in [0.2, 0.25) is 0 Å². The maximum absolute atomic E-state index is 13.9. The molecule has 2 aromatic rings. The van der Waals surface area contributed by atoms with Crippen LogP contribution < -0.4 is 5.73 Å². The number of fused-ring (bicyclic) bond motifs is 1. The third kappa shape index (κ3) is 2.61. The van der Waals surface area contributed by atoms with Crippen molar-refractivity contribution >= 4 is 0 Å². The fourth-order valence-electron chi connectivity index (χ4n) is 3.05. The van der Waals surface area contributed by atoms with E-state index in [1.165, 1.54) is 29.5 Å². The Hall–Kier alpha value is -1.67. The number of hydrogen-bond acceptors (Lipinski definition) is 1. The van der Waals surface area contributed by atoms with Gasteiger partial charge < -0.3 is 5.73 Å².